The van der Waals surface area contributed by atoms with Crippen LogP contribution in [0.3, 0.4) is 0 Å². The Bertz CT molecular complexity index is 743. The molecule has 3 N–H and O–H groups in total. The number of aromatic nitrogens is 2. The minimum absolute atomic E-state index is 0.0251. The minimum atomic E-state index is -2.00. The minimum Gasteiger partial charge on any atom is -0.449 e. The largest absolute Gasteiger partial charge is 0.449 e. The van der Waals surface area contributed by atoms with E-state index in [2.05, 4.69) is 4.98 Å². The van der Waals surface area contributed by atoms with Crippen molar-refractivity contribution in [3.05, 3.63) is 22.7 Å². The summed E-state index contributed by atoms with van der Waals surface area (Å²) in [5.74, 6) is -1.57. The molecule has 1 unspecified atom stereocenters. The van der Waals surface area contributed by atoms with Crippen LogP contribution >= 0.6 is 11.6 Å². The zero-order valence-electron chi connectivity index (χ0n) is 13.0. The molecule has 0 aromatic carbocycles. The first kappa shape index (κ1) is 17.1. The first-order chi connectivity index (χ1) is 11.2. The molecular formula is C14H17ClFN3O5. The van der Waals surface area contributed by atoms with Crippen molar-refractivity contribution >= 4 is 23.4 Å². The van der Waals surface area contributed by atoms with Gasteiger partial charge in [0, 0.05) is 6.20 Å². The molecule has 2 aliphatic rings. The average Bonchev–Trinajstić information content (AvgIpc) is 2.90. The van der Waals surface area contributed by atoms with E-state index in [9.17, 15) is 14.7 Å². The summed E-state index contributed by atoms with van der Waals surface area (Å²) in [5, 5.41) is 10.2. The second-order valence-electron chi connectivity index (χ2n) is 6.25. The van der Waals surface area contributed by atoms with Crippen LogP contribution in [-0.2, 0) is 14.3 Å². The highest BCUT2D eigenvalue weighted by atomic mass is 35.5. The summed E-state index contributed by atoms with van der Waals surface area (Å²) >= 11 is 5.86. The van der Waals surface area contributed by atoms with E-state index in [1.165, 1.54) is 12.3 Å². The van der Waals surface area contributed by atoms with Crippen molar-refractivity contribution < 1.29 is 23.8 Å². The summed E-state index contributed by atoms with van der Waals surface area (Å²) < 4.78 is 26.8. The maximum atomic E-state index is 15.1. The van der Waals surface area contributed by atoms with Crippen molar-refractivity contribution in [2.75, 3.05) is 11.6 Å². The monoisotopic (exact) mass is 361 g/mol. The average molecular weight is 362 g/mol. The first-order valence-electron chi connectivity index (χ1n) is 7.34. The number of nitrogens with zero attached hydrogens (tertiary/aromatic N) is 2. The zero-order chi connectivity index (χ0) is 17.9. The number of esters is 1. The molecule has 5 atom stereocenters. The topological polar surface area (TPSA) is 117 Å². The fraction of sp³-hybridized carbons (Fsp3) is 0.643. The number of hydrogen-bond donors (Lipinski definition) is 2. The summed E-state index contributed by atoms with van der Waals surface area (Å²) in [4.78, 5) is 27.4. The molecule has 24 heavy (non-hydrogen) atoms. The van der Waals surface area contributed by atoms with Crippen LogP contribution < -0.4 is 11.4 Å². The molecule has 8 nitrogen and oxygen atoms in total. The molecule has 1 saturated heterocycles. The van der Waals surface area contributed by atoms with Crippen LogP contribution in [0.25, 0.3) is 0 Å². The summed E-state index contributed by atoms with van der Waals surface area (Å²) in [5.41, 5.74) is 1.03. The standard InChI is InChI=1S/C14H17ClFN3O5/c1-6(2)10(20)24-14-8(16)9(23-13(14,5-15)11(14)21)19-4-3-7(17)18-12(19)22/h3-4,6,8-9,11,21H,5H2,1-2H3,(H2,17,18,22)/t8-,9+,11?,13+,14+/m0/s1. The van der Waals surface area contributed by atoms with Gasteiger partial charge in [0.25, 0.3) is 0 Å². The third-order valence-corrected chi connectivity index (χ3v) is 4.88. The van der Waals surface area contributed by atoms with Crippen LogP contribution in [0.5, 0.6) is 0 Å². The van der Waals surface area contributed by atoms with Crippen LogP contribution in [0.15, 0.2) is 17.1 Å². The number of hydrogen-bond acceptors (Lipinski definition) is 7. The molecule has 1 aliphatic carbocycles. The lowest BCUT2D eigenvalue weighted by atomic mass is 10.1. The van der Waals surface area contributed by atoms with E-state index in [1.54, 1.807) is 13.8 Å². The number of halogens is 2. The summed E-state index contributed by atoms with van der Waals surface area (Å²) in [6, 6.07) is 1.30. The van der Waals surface area contributed by atoms with E-state index < -0.39 is 47.3 Å². The van der Waals surface area contributed by atoms with E-state index in [1.807, 2.05) is 0 Å². The van der Waals surface area contributed by atoms with Gasteiger partial charge in [-0.3, -0.25) is 9.36 Å². The zero-order valence-corrected chi connectivity index (χ0v) is 13.7. The molecule has 0 spiro atoms. The Morgan fingerprint density at radius 1 is 1.67 bits per heavy atom. The molecule has 0 bridgehead atoms. The Morgan fingerprint density at radius 2 is 2.33 bits per heavy atom. The second-order valence-corrected chi connectivity index (χ2v) is 6.51. The lowest BCUT2D eigenvalue weighted by Crippen LogP contribution is -2.41. The first-order valence-corrected chi connectivity index (χ1v) is 7.88. The third-order valence-electron chi connectivity index (χ3n) is 4.48. The predicted octanol–water partition coefficient (Wildman–Crippen LogP) is -0.0175. The fourth-order valence-corrected chi connectivity index (χ4v) is 3.44. The van der Waals surface area contributed by atoms with Crippen LogP contribution in [0, 0.1) is 5.92 Å². The molecule has 2 heterocycles. The number of fused-ring (bicyclic) bond motifs is 1. The Morgan fingerprint density at radius 3 is 2.88 bits per heavy atom. The van der Waals surface area contributed by atoms with Gasteiger partial charge in [0.1, 0.15) is 11.9 Å². The lowest BCUT2D eigenvalue weighted by Gasteiger charge is -2.23. The molecular weight excluding hydrogens is 345 g/mol. The van der Waals surface area contributed by atoms with Crippen molar-refractivity contribution in [3.63, 3.8) is 0 Å². The molecule has 1 aromatic heterocycles. The summed E-state index contributed by atoms with van der Waals surface area (Å²) in [6.07, 6.45) is -3.64. The van der Waals surface area contributed by atoms with Crippen molar-refractivity contribution in [2.45, 2.75) is 43.6 Å². The Kier molecular flexibility index (Phi) is 3.85. The van der Waals surface area contributed by atoms with E-state index in [0.717, 1.165) is 4.57 Å². The van der Waals surface area contributed by atoms with Gasteiger partial charge in [-0.2, -0.15) is 4.98 Å². The number of alkyl halides is 2. The molecule has 0 amide bonds. The van der Waals surface area contributed by atoms with Crippen molar-refractivity contribution in [3.8, 4) is 0 Å². The van der Waals surface area contributed by atoms with E-state index in [-0.39, 0.29) is 11.7 Å². The number of ether oxygens (including phenoxy) is 2. The number of aliphatic hydroxyl groups is 1. The third kappa shape index (κ3) is 2.01. The highest BCUT2D eigenvalue weighted by Crippen LogP contribution is 2.66. The smallest absolute Gasteiger partial charge is 0.351 e. The van der Waals surface area contributed by atoms with Crippen LogP contribution in [-0.4, -0.2) is 50.0 Å². The summed E-state index contributed by atoms with van der Waals surface area (Å²) in [6.45, 7) is 3.15. The molecule has 1 saturated carbocycles. The molecule has 0 radical (unpaired) electrons. The summed E-state index contributed by atoms with van der Waals surface area (Å²) in [7, 11) is 0. The van der Waals surface area contributed by atoms with Gasteiger partial charge in [0.15, 0.2) is 18.0 Å². The fourth-order valence-electron chi connectivity index (χ4n) is 3.02. The SMILES string of the molecule is CC(C)C(=O)O[C@]12C(O)[C@@]1(CCl)O[C@@H](n1ccc(N)nc1=O)[C@@H]2F. The van der Waals surface area contributed by atoms with Gasteiger partial charge in [0.2, 0.25) is 5.60 Å². The number of rotatable bonds is 4. The molecule has 132 valence electrons. The van der Waals surface area contributed by atoms with Gasteiger partial charge in [-0.25, -0.2) is 9.18 Å². The maximum absolute atomic E-state index is 15.1. The van der Waals surface area contributed by atoms with E-state index >= 15 is 4.39 Å². The number of carbonyl (C=O) groups is 1. The van der Waals surface area contributed by atoms with Crippen molar-refractivity contribution in [1.82, 2.24) is 9.55 Å². The lowest BCUT2D eigenvalue weighted by molar-refractivity contribution is -0.163. The second kappa shape index (κ2) is 5.40. The van der Waals surface area contributed by atoms with E-state index in [4.69, 9.17) is 26.8 Å². The number of aliphatic hydroxyl groups excluding tert-OH is 1. The van der Waals surface area contributed by atoms with Gasteiger partial charge >= 0.3 is 11.7 Å². The van der Waals surface area contributed by atoms with Crippen LogP contribution in [0.2, 0.25) is 0 Å². The van der Waals surface area contributed by atoms with Gasteiger partial charge in [-0.1, -0.05) is 13.8 Å². The van der Waals surface area contributed by atoms with Crippen LogP contribution in [0.4, 0.5) is 10.2 Å². The Hall–Kier alpha value is -1.71. The van der Waals surface area contributed by atoms with Gasteiger partial charge in [0.05, 0.1) is 11.8 Å². The van der Waals surface area contributed by atoms with Gasteiger partial charge in [-0.05, 0) is 6.07 Å². The highest BCUT2D eigenvalue weighted by molar-refractivity contribution is 6.19. The van der Waals surface area contributed by atoms with Gasteiger partial charge < -0.3 is 20.3 Å². The number of anilines is 1. The van der Waals surface area contributed by atoms with Crippen molar-refractivity contribution in [1.29, 1.82) is 0 Å². The Balaban J connectivity index is 1.98. The molecule has 10 heteroatoms. The molecule has 1 aliphatic heterocycles. The van der Waals surface area contributed by atoms with Crippen molar-refractivity contribution in [2.24, 2.45) is 5.92 Å². The molecule has 1 aromatic rings. The normalized spacial score (nSPS) is 37.3. The maximum Gasteiger partial charge on any atom is 0.351 e. The molecule has 3 rings (SSSR count). The van der Waals surface area contributed by atoms with Crippen LogP contribution in [0.1, 0.15) is 20.1 Å². The quantitative estimate of drug-likeness (QED) is 0.572. The van der Waals surface area contributed by atoms with Gasteiger partial charge in [-0.15, -0.1) is 11.6 Å². The predicted molar refractivity (Wildman–Crippen MR) is 81.0 cm³/mol. The Labute approximate surface area is 141 Å². The number of nitrogen functional groups attached to an aromatic ring is 1. The highest BCUT2D eigenvalue weighted by Gasteiger charge is 2.91. The van der Waals surface area contributed by atoms with E-state index in [0.29, 0.717) is 0 Å². The number of nitrogens with two attached hydrogens (primary N) is 1. The number of carbonyl (C=O) groups excluding carboxylic acids is 1. The molecule has 2 fully saturated rings.